The monoisotopic (exact) mass is 349 g/mol. The topological polar surface area (TPSA) is 55.2 Å². The highest BCUT2D eigenvalue weighted by molar-refractivity contribution is 14.1. The van der Waals surface area contributed by atoms with Gasteiger partial charge in [0.2, 0.25) is 5.91 Å². The standard InChI is InChI=1S/C11H16IN3O2/c1-8-10(12)11(17)15(7-13-8)6-4-5-9(16)14(2)3/h7H,4-6H2,1-3H3. The van der Waals surface area contributed by atoms with Gasteiger partial charge in [-0.1, -0.05) is 0 Å². The number of aromatic nitrogens is 2. The molecule has 0 bridgehead atoms. The summed E-state index contributed by atoms with van der Waals surface area (Å²) >= 11 is 2.00. The predicted molar refractivity (Wildman–Crippen MR) is 73.9 cm³/mol. The van der Waals surface area contributed by atoms with Crippen LogP contribution in [0.1, 0.15) is 18.5 Å². The molecular formula is C11H16IN3O2. The Balaban J connectivity index is 2.62. The lowest BCUT2D eigenvalue weighted by molar-refractivity contribution is -0.128. The molecule has 1 aromatic rings. The first-order valence-corrected chi connectivity index (χ1v) is 6.43. The molecule has 0 aliphatic rings. The molecule has 5 nitrogen and oxygen atoms in total. The van der Waals surface area contributed by atoms with E-state index in [-0.39, 0.29) is 11.5 Å². The van der Waals surface area contributed by atoms with Crippen LogP contribution in [-0.2, 0) is 11.3 Å². The first-order valence-electron chi connectivity index (χ1n) is 5.35. The summed E-state index contributed by atoms with van der Waals surface area (Å²) in [4.78, 5) is 28.9. The van der Waals surface area contributed by atoms with Crippen LogP contribution in [0.3, 0.4) is 0 Å². The molecule has 0 saturated carbocycles. The average molecular weight is 349 g/mol. The number of carbonyl (C=O) groups is 1. The first-order chi connectivity index (χ1) is 7.93. The van der Waals surface area contributed by atoms with Gasteiger partial charge in [0, 0.05) is 27.1 Å². The lowest BCUT2D eigenvalue weighted by Gasteiger charge is -2.10. The van der Waals surface area contributed by atoms with Crippen LogP contribution in [0.4, 0.5) is 0 Å². The molecule has 0 saturated heterocycles. The Kier molecular flexibility index (Phi) is 5.10. The molecule has 0 radical (unpaired) electrons. The molecule has 0 aliphatic heterocycles. The molecule has 1 heterocycles. The van der Waals surface area contributed by atoms with Crippen LogP contribution in [0.15, 0.2) is 11.1 Å². The van der Waals surface area contributed by atoms with Gasteiger partial charge in [-0.2, -0.15) is 0 Å². The second-order valence-corrected chi connectivity index (χ2v) is 5.11. The molecule has 0 atom stereocenters. The predicted octanol–water partition coefficient (Wildman–Crippen LogP) is 1.02. The molecule has 1 rings (SSSR count). The summed E-state index contributed by atoms with van der Waals surface area (Å²) in [5.41, 5.74) is 0.714. The minimum atomic E-state index is -0.0320. The number of carbonyl (C=O) groups excluding carboxylic acids is 1. The smallest absolute Gasteiger partial charge is 0.266 e. The van der Waals surface area contributed by atoms with Gasteiger partial charge < -0.3 is 4.90 Å². The Labute approximate surface area is 114 Å². The summed E-state index contributed by atoms with van der Waals surface area (Å²) in [7, 11) is 3.45. The second kappa shape index (κ2) is 6.13. The Morgan fingerprint density at radius 3 is 2.76 bits per heavy atom. The molecule has 0 spiro atoms. The van der Waals surface area contributed by atoms with Gasteiger partial charge >= 0.3 is 0 Å². The van der Waals surface area contributed by atoms with E-state index in [9.17, 15) is 9.59 Å². The highest BCUT2D eigenvalue weighted by Crippen LogP contribution is 2.02. The van der Waals surface area contributed by atoms with Crippen molar-refractivity contribution in [1.29, 1.82) is 0 Å². The fourth-order valence-corrected chi connectivity index (χ4v) is 1.78. The summed E-state index contributed by atoms with van der Waals surface area (Å²) in [6.45, 7) is 2.34. The highest BCUT2D eigenvalue weighted by atomic mass is 127. The number of aryl methyl sites for hydroxylation is 2. The van der Waals surface area contributed by atoms with Crippen LogP contribution in [0.25, 0.3) is 0 Å². The molecule has 17 heavy (non-hydrogen) atoms. The number of hydrogen-bond acceptors (Lipinski definition) is 3. The van der Waals surface area contributed by atoms with Gasteiger partial charge in [0.05, 0.1) is 15.6 Å². The van der Waals surface area contributed by atoms with Crippen molar-refractivity contribution in [3.8, 4) is 0 Å². The number of halogens is 1. The maximum absolute atomic E-state index is 11.8. The van der Waals surface area contributed by atoms with Crippen LogP contribution in [0, 0.1) is 10.5 Å². The van der Waals surface area contributed by atoms with Gasteiger partial charge in [0.25, 0.3) is 5.56 Å². The molecule has 0 unspecified atom stereocenters. The van der Waals surface area contributed by atoms with Crippen molar-refractivity contribution < 1.29 is 4.79 Å². The van der Waals surface area contributed by atoms with Crippen LogP contribution in [0.2, 0.25) is 0 Å². The SMILES string of the molecule is Cc1ncn(CCCC(=O)N(C)C)c(=O)c1I. The average Bonchev–Trinajstić information content (AvgIpc) is 2.28. The van der Waals surface area contributed by atoms with Crippen molar-refractivity contribution in [1.82, 2.24) is 14.5 Å². The quantitative estimate of drug-likeness (QED) is 0.763. The number of nitrogens with zero attached hydrogens (tertiary/aromatic N) is 3. The summed E-state index contributed by atoms with van der Waals surface area (Å²) in [6.07, 6.45) is 2.64. The molecule has 1 aromatic heterocycles. The zero-order valence-electron chi connectivity index (χ0n) is 10.2. The Bertz CT molecular complexity index is 468. The maximum atomic E-state index is 11.8. The summed E-state index contributed by atoms with van der Waals surface area (Å²) in [5, 5.41) is 0. The molecular weight excluding hydrogens is 333 g/mol. The van der Waals surface area contributed by atoms with Crippen LogP contribution < -0.4 is 5.56 Å². The lowest BCUT2D eigenvalue weighted by Crippen LogP contribution is -2.26. The molecule has 0 aromatic carbocycles. The Hall–Kier alpha value is -0.920. The third-order valence-electron chi connectivity index (χ3n) is 2.45. The van der Waals surface area contributed by atoms with Crippen molar-refractivity contribution in [2.24, 2.45) is 0 Å². The van der Waals surface area contributed by atoms with Crippen molar-refractivity contribution in [2.45, 2.75) is 26.3 Å². The largest absolute Gasteiger partial charge is 0.349 e. The summed E-state index contributed by atoms with van der Waals surface area (Å²) in [6, 6.07) is 0. The van der Waals surface area contributed by atoms with E-state index in [1.807, 2.05) is 29.5 Å². The van der Waals surface area contributed by atoms with Gasteiger partial charge in [0.1, 0.15) is 0 Å². The molecule has 0 fully saturated rings. The van der Waals surface area contributed by atoms with E-state index in [0.29, 0.717) is 23.0 Å². The van der Waals surface area contributed by atoms with Crippen LogP contribution in [-0.4, -0.2) is 34.5 Å². The van der Waals surface area contributed by atoms with Crippen molar-refractivity contribution in [2.75, 3.05) is 14.1 Å². The number of rotatable bonds is 4. The second-order valence-electron chi connectivity index (χ2n) is 4.03. The van der Waals surface area contributed by atoms with E-state index < -0.39 is 0 Å². The van der Waals surface area contributed by atoms with Crippen molar-refractivity contribution >= 4 is 28.5 Å². The van der Waals surface area contributed by atoms with E-state index in [1.165, 1.54) is 0 Å². The highest BCUT2D eigenvalue weighted by Gasteiger charge is 2.07. The maximum Gasteiger partial charge on any atom is 0.266 e. The van der Waals surface area contributed by atoms with Gasteiger partial charge in [0.15, 0.2) is 0 Å². The van der Waals surface area contributed by atoms with Gasteiger partial charge in [-0.15, -0.1) is 0 Å². The zero-order chi connectivity index (χ0) is 13.0. The minimum Gasteiger partial charge on any atom is -0.349 e. The van der Waals surface area contributed by atoms with Crippen molar-refractivity contribution in [3.05, 3.63) is 25.9 Å². The number of hydrogen-bond donors (Lipinski definition) is 0. The van der Waals surface area contributed by atoms with Gasteiger partial charge in [-0.05, 0) is 35.9 Å². The normalized spacial score (nSPS) is 10.4. The summed E-state index contributed by atoms with van der Waals surface area (Å²) < 4.78 is 2.20. The fraction of sp³-hybridized carbons (Fsp3) is 0.545. The minimum absolute atomic E-state index is 0.0320. The van der Waals surface area contributed by atoms with E-state index >= 15 is 0 Å². The van der Waals surface area contributed by atoms with Crippen LogP contribution in [0.5, 0.6) is 0 Å². The molecule has 1 amide bonds. The van der Waals surface area contributed by atoms with E-state index in [2.05, 4.69) is 4.98 Å². The Morgan fingerprint density at radius 2 is 2.18 bits per heavy atom. The zero-order valence-corrected chi connectivity index (χ0v) is 12.4. The third-order valence-corrected chi connectivity index (χ3v) is 3.69. The van der Waals surface area contributed by atoms with E-state index in [0.717, 1.165) is 5.69 Å². The van der Waals surface area contributed by atoms with E-state index in [4.69, 9.17) is 0 Å². The molecule has 0 N–H and O–H groups in total. The lowest BCUT2D eigenvalue weighted by atomic mass is 10.3. The third kappa shape index (κ3) is 3.79. The molecule has 94 valence electrons. The molecule has 6 heteroatoms. The number of amides is 1. The van der Waals surface area contributed by atoms with E-state index in [1.54, 1.807) is 29.9 Å². The molecule has 0 aliphatic carbocycles. The van der Waals surface area contributed by atoms with Crippen LogP contribution >= 0.6 is 22.6 Å². The van der Waals surface area contributed by atoms with Crippen molar-refractivity contribution in [3.63, 3.8) is 0 Å². The van der Waals surface area contributed by atoms with Gasteiger partial charge in [-0.25, -0.2) is 4.98 Å². The van der Waals surface area contributed by atoms with Gasteiger partial charge in [-0.3, -0.25) is 14.2 Å². The summed E-state index contributed by atoms with van der Waals surface area (Å²) in [5.74, 6) is 0.0767. The fourth-order valence-electron chi connectivity index (χ4n) is 1.33. The Morgan fingerprint density at radius 1 is 1.53 bits per heavy atom. The first kappa shape index (κ1) is 14.1.